The van der Waals surface area contributed by atoms with Gasteiger partial charge < -0.3 is 15.8 Å². The Bertz CT molecular complexity index is 632. The van der Waals surface area contributed by atoms with Gasteiger partial charge in [0.15, 0.2) is 5.69 Å². The van der Waals surface area contributed by atoms with Crippen LogP contribution in [0.15, 0.2) is 30.5 Å². The van der Waals surface area contributed by atoms with Gasteiger partial charge in [-0.3, -0.25) is 14.8 Å². The highest BCUT2D eigenvalue weighted by Crippen LogP contribution is 2.14. The number of nitrogens with zero attached hydrogens (tertiary/aromatic N) is 2. The van der Waals surface area contributed by atoms with Crippen molar-refractivity contribution in [3.63, 3.8) is 0 Å². The molecule has 116 valence electrons. The number of benzene rings is 1. The zero-order chi connectivity index (χ0) is 15.4. The molecule has 1 aromatic heterocycles. The zero-order valence-electron chi connectivity index (χ0n) is 12.2. The van der Waals surface area contributed by atoms with Crippen LogP contribution >= 0.6 is 0 Å². The Hall–Kier alpha value is -2.38. The van der Waals surface area contributed by atoms with Gasteiger partial charge in [0.05, 0.1) is 18.9 Å². The Balaban J connectivity index is 1.59. The highest BCUT2D eigenvalue weighted by molar-refractivity contribution is 6.06. The van der Waals surface area contributed by atoms with Crippen LogP contribution in [0.5, 0.6) is 0 Å². The summed E-state index contributed by atoms with van der Waals surface area (Å²) in [5.41, 5.74) is 8.12. The summed E-state index contributed by atoms with van der Waals surface area (Å²) in [5, 5.41) is 9.17. The summed E-state index contributed by atoms with van der Waals surface area (Å²) in [7, 11) is 0. The topological polar surface area (TPSA) is 96.3 Å². The van der Waals surface area contributed by atoms with E-state index in [0.29, 0.717) is 5.69 Å². The van der Waals surface area contributed by atoms with Gasteiger partial charge >= 0.3 is 0 Å². The third-order valence-electron chi connectivity index (χ3n) is 3.61. The summed E-state index contributed by atoms with van der Waals surface area (Å²) >= 11 is 0. The molecule has 1 aromatic carbocycles. The summed E-state index contributed by atoms with van der Waals surface area (Å²) < 4.78 is 5.34. The van der Waals surface area contributed by atoms with Crippen LogP contribution in [0.2, 0.25) is 0 Å². The lowest BCUT2D eigenvalue weighted by atomic mass is 10.2. The third kappa shape index (κ3) is 3.44. The van der Waals surface area contributed by atoms with E-state index in [1.165, 1.54) is 11.8 Å². The molecule has 0 radical (unpaired) electrons. The minimum absolute atomic E-state index is 0.206. The second kappa shape index (κ2) is 6.59. The van der Waals surface area contributed by atoms with E-state index in [0.717, 1.165) is 38.5 Å². The number of morpholine rings is 1. The van der Waals surface area contributed by atoms with Gasteiger partial charge in [-0.2, -0.15) is 5.10 Å². The van der Waals surface area contributed by atoms with E-state index < -0.39 is 0 Å². The molecule has 1 amide bonds. The minimum Gasteiger partial charge on any atom is -0.396 e. The van der Waals surface area contributed by atoms with Crippen molar-refractivity contribution in [3.05, 3.63) is 41.7 Å². The van der Waals surface area contributed by atoms with Gasteiger partial charge in [-0.1, -0.05) is 12.1 Å². The number of nitrogens with one attached hydrogen (secondary N) is 2. The number of aromatic amines is 1. The number of aromatic nitrogens is 2. The molecule has 2 heterocycles. The molecule has 0 unspecified atom stereocenters. The van der Waals surface area contributed by atoms with Crippen LogP contribution in [0, 0.1) is 0 Å². The smallest absolute Gasteiger partial charge is 0.278 e. The first-order chi connectivity index (χ1) is 10.7. The van der Waals surface area contributed by atoms with Crippen LogP contribution in [0.1, 0.15) is 16.1 Å². The molecule has 1 aliphatic heterocycles. The first-order valence-corrected chi connectivity index (χ1v) is 7.22. The van der Waals surface area contributed by atoms with Gasteiger partial charge in [0, 0.05) is 31.5 Å². The molecule has 1 fully saturated rings. The van der Waals surface area contributed by atoms with Crippen molar-refractivity contribution in [2.75, 3.05) is 37.4 Å². The van der Waals surface area contributed by atoms with Crippen molar-refractivity contribution in [1.29, 1.82) is 0 Å². The van der Waals surface area contributed by atoms with Crippen LogP contribution in [-0.4, -0.2) is 47.3 Å². The number of amides is 1. The van der Waals surface area contributed by atoms with Crippen LogP contribution in [0.3, 0.4) is 0 Å². The van der Waals surface area contributed by atoms with Gasteiger partial charge in [0.2, 0.25) is 0 Å². The summed E-state index contributed by atoms with van der Waals surface area (Å²) in [4.78, 5) is 14.4. The predicted octanol–water partition coefficient (Wildman–Crippen LogP) is 1.08. The van der Waals surface area contributed by atoms with Crippen molar-refractivity contribution in [2.45, 2.75) is 6.54 Å². The van der Waals surface area contributed by atoms with E-state index in [-0.39, 0.29) is 11.6 Å². The van der Waals surface area contributed by atoms with Crippen LogP contribution in [-0.2, 0) is 11.3 Å². The predicted molar refractivity (Wildman–Crippen MR) is 83.5 cm³/mol. The van der Waals surface area contributed by atoms with Gasteiger partial charge in [0.25, 0.3) is 5.91 Å². The van der Waals surface area contributed by atoms with E-state index in [1.54, 1.807) is 0 Å². The summed E-state index contributed by atoms with van der Waals surface area (Å²) in [5.74, 6) is -0.320. The molecule has 7 nitrogen and oxygen atoms in total. The fourth-order valence-corrected chi connectivity index (χ4v) is 2.38. The number of carbonyl (C=O) groups is 1. The minimum atomic E-state index is -0.320. The number of nitrogens with two attached hydrogens (primary N) is 1. The number of anilines is 2. The average molecular weight is 301 g/mol. The maximum absolute atomic E-state index is 12.0. The van der Waals surface area contributed by atoms with Gasteiger partial charge in [0.1, 0.15) is 0 Å². The number of rotatable bonds is 4. The molecule has 22 heavy (non-hydrogen) atoms. The van der Waals surface area contributed by atoms with E-state index in [4.69, 9.17) is 10.5 Å². The molecule has 2 aromatic rings. The molecule has 0 atom stereocenters. The number of ether oxygens (including phenoxy) is 1. The Kier molecular flexibility index (Phi) is 4.36. The quantitative estimate of drug-likeness (QED) is 0.785. The number of hydrogen-bond acceptors (Lipinski definition) is 5. The average Bonchev–Trinajstić information content (AvgIpc) is 2.96. The molecule has 3 rings (SSSR count). The van der Waals surface area contributed by atoms with Crippen molar-refractivity contribution >= 4 is 17.3 Å². The number of H-pyrrole nitrogens is 1. The van der Waals surface area contributed by atoms with Crippen LogP contribution < -0.4 is 11.1 Å². The number of hydrogen-bond donors (Lipinski definition) is 3. The molecule has 1 aliphatic rings. The summed E-state index contributed by atoms with van der Waals surface area (Å²) in [6, 6.07) is 7.80. The largest absolute Gasteiger partial charge is 0.396 e. The van der Waals surface area contributed by atoms with E-state index in [9.17, 15) is 4.79 Å². The second-order valence-corrected chi connectivity index (χ2v) is 5.23. The summed E-state index contributed by atoms with van der Waals surface area (Å²) in [6.07, 6.45) is 1.49. The molecular formula is C15H19N5O2. The lowest BCUT2D eigenvalue weighted by Gasteiger charge is -2.26. The van der Waals surface area contributed by atoms with E-state index in [2.05, 4.69) is 20.4 Å². The van der Waals surface area contributed by atoms with Crippen molar-refractivity contribution in [3.8, 4) is 0 Å². The summed E-state index contributed by atoms with van der Waals surface area (Å²) in [6.45, 7) is 4.39. The van der Waals surface area contributed by atoms with E-state index >= 15 is 0 Å². The molecular weight excluding hydrogens is 282 g/mol. The third-order valence-corrected chi connectivity index (χ3v) is 3.61. The monoisotopic (exact) mass is 301 g/mol. The van der Waals surface area contributed by atoms with Crippen LogP contribution in [0.25, 0.3) is 0 Å². The zero-order valence-corrected chi connectivity index (χ0v) is 12.2. The van der Waals surface area contributed by atoms with Crippen molar-refractivity contribution < 1.29 is 9.53 Å². The van der Waals surface area contributed by atoms with Crippen molar-refractivity contribution in [2.24, 2.45) is 0 Å². The SMILES string of the molecule is Nc1c[nH]nc1C(=O)Nc1ccc(CN2CCOCC2)cc1. The molecule has 0 bridgehead atoms. The highest BCUT2D eigenvalue weighted by atomic mass is 16.5. The molecule has 7 heteroatoms. The van der Waals surface area contributed by atoms with Gasteiger partial charge in [-0.15, -0.1) is 0 Å². The van der Waals surface area contributed by atoms with Crippen molar-refractivity contribution in [1.82, 2.24) is 15.1 Å². The maximum atomic E-state index is 12.0. The first kappa shape index (κ1) is 14.6. The fraction of sp³-hybridized carbons (Fsp3) is 0.333. The lowest BCUT2D eigenvalue weighted by molar-refractivity contribution is 0.0342. The maximum Gasteiger partial charge on any atom is 0.278 e. The Morgan fingerprint density at radius 2 is 2.05 bits per heavy atom. The lowest BCUT2D eigenvalue weighted by Crippen LogP contribution is -2.35. The molecule has 1 saturated heterocycles. The number of carbonyl (C=O) groups excluding carboxylic acids is 1. The highest BCUT2D eigenvalue weighted by Gasteiger charge is 2.13. The van der Waals surface area contributed by atoms with Gasteiger partial charge in [-0.25, -0.2) is 0 Å². The normalized spacial score (nSPS) is 15.6. The fourth-order valence-electron chi connectivity index (χ4n) is 2.38. The Morgan fingerprint density at radius 3 is 2.68 bits per heavy atom. The Labute approximate surface area is 128 Å². The standard InChI is InChI=1S/C15H19N5O2/c16-13-9-17-19-14(13)15(21)18-12-3-1-11(2-4-12)10-20-5-7-22-8-6-20/h1-4,9H,5-8,10,16H2,(H,17,19)(H,18,21). The molecule has 0 saturated carbocycles. The molecule has 0 spiro atoms. The first-order valence-electron chi connectivity index (χ1n) is 7.22. The Morgan fingerprint density at radius 1 is 1.32 bits per heavy atom. The van der Waals surface area contributed by atoms with E-state index in [1.807, 2.05) is 24.3 Å². The molecule has 0 aliphatic carbocycles. The van der Waals surface area contributed by atoms with Gasteiger partial charge in [-0.05, 0) is 17.7 Å². The second-order valence-electron chi connectivity index (χ2n) is 5.23. The number of nitrogen functional groups attached to an aromatic ring is 1. The molecule has 4 N–H and O–H groups in total. The van der Waals surface area contributed by atoms with Crippen LogP contribution in [0.4, 0.5) is 11.4 Å².